The average Bonchev–Trinajstić information content (AvgIpc) is 2.62. The maximum atomic E-state index is 12.5. The highest BCUT2D eigenvalue weighted by Crippen LogP contribution is 2.23. The number of carbonyl (C=O) groups is 1. The predicted molar refractivity (Wildman–Crippen MR) is 107 cm³/mol. The Morgan fingerprint density at radius 2 is 1.62 bits per heavy atom. The molecule has 5 nitrogen and oxygen atoms in total. The number of rotatable bonds is 5. The van der Waals surface area contributed by atoms with Gasteiger partial charge in [0.25, 0.3) is 0 Å². The van der Waals surface area contributed by atoms with Crippen molar-refractivity contribution in [3.63, 3.8) is 0 Å². The lowest BCUT2D eigenvalue weighted by molar-refractivity contribution is -0.117. The molecule has 0 unspecified atom stereocenters. The van der Waals surface area contributed by atoms with Crippen molar-refractivity contribution in [2.24, 2.45) is 0 Å². The number of sulfonamides is 1. The summed E-state index contributed by atoms with van der Waals surface area (Å²) in [7, 11) is -3.79. The van der Waals surface area contributed by atoms with E-state index in [4.69, 9.17) is 0 Å². The van der Waals surface area contributed by atoms with Crippen LogP contribution in [0.3, 0.4) is 0 Å². The van der Waals surface area contributed by atoms with Crippen LogP contribution >= 0.6 is 15.9 Å². The minimum atomic E-state index is -3.79. The SMILES string of the molecule is C[C@H](NS(=O)(=O)c1ccc(Br)cc1)C(=O)Nc1cccc2ccccc12. The van der Waals surface area contributed by atoms with Crippen molar-refractivity contribution in [1.82, 2.24) is 4.72 Å². The Bertz CT molecular complexity index is 1040. The van der Waals surface area contributed by atoms with E-state index in [1.54, 1.807) is 18.2 Å². The summed E-state index contributed by atoms with van der Waals surface area (Å²) in [5.41, 5.74) is 0.641. The molecule has 0 aliphatic heterocycles. The van der Waals surface area contributed by atoms with Gasteiger partial charge in [-0.15, -0.1) is 0 Å². The number of amides is 1. The predicted octanol–water partition coefficient (Wildman–Crippen LogP) is 3.91. The van der Waals surface area contributed by atoms with E-state index in [1.807, 2.05) is 36.4 Å². The number of nitrogens with one attached hydrogen (secondary N) is 2. The second-order valence-corrected chi connectivity index (χ2v) is 8.44. The molecule has 0 spiro atoms. The first-order chi connectivity index (χ1) is 12.4. The Hall–Kier alpha value is -2.22. The Labute approximate surface area is 160 Å². The van der Waals surface area contributed by atoms with Gasteiger partial charge in [0.2, 0.25) is 15.9 Å². The molecule has 0 heterocycles. The van der Waals surface area contributed by atoms with E-state index in [1.165, 1.54) is 19.1 Å². The van der Waals surface area contributed by atoms with Gasteiger partial charge in [-0.3, -0.25) is 4.79 Å². The molecule has 3 aromatic carbocycles. The first-order valence-electron chi connectivity index (χ1n) is 7.93. The van der Waals surface area contributed by atoms with Crippen LogP contribution in [-0.2, 0) is 14.8 Å². The van der Waals surface area contributed by atoms with Gasteiger partial charge in [0.1, 0.15) is 0 Å². The highest BCUT2D eigenvalue weighted by atomic mass is 79.9. The molecule has 0 radical (unpaired) electrons. The summed E-state index contributed by atoms with van der Waals surface area (Å²) in [5.74, 6) is -0.429. The first-order valence-corrected chi connectivity index (χ1v) is 10.2. The molecular formula is C19H17BrN2O3S. The maximum absolute atomic E-state index is 12.5. The molecule has 0 bridgehead atoms. The number of benzene rings is 3. The molecule has 3 rings (SSSR count). The van der Waals surface area contributed by atoms with E-state index >= 15 is 0 Å². The van der Waals surface area contributed by atoms with Crippen LogP contribution < -0.4 is 10.0 Å². The normalized spacial score (nSPS) is 12.7. The van der Waals surface area contributed by atoms with Crippen molar-refractivity contribution in [2.45, 2.75) is 17.9 Å². The van der Waals surface area contributed by atoms with Gasteiger partial charge in [-0.05, 0) is 42.6 Å². The molecule has 0 saturated carbocycles. The van der Waals surface area contributed by atoms with Crippen molar-refractivity contribution >= 4 is 48.3 Å². The van der Waals surface area contributed by atoms with Crippen LogP contribution in [0.4, 0.5) is 5.69 Å². The van der Waals surface area contributed by atoms with E-state index in [-0.39, 0.29) is 4.90 Å². The van der Waals surface area contributed by atoms with E-state index in [0.29, 0.717) is 5.69 Å². The van der Waals surface area contributed by atoms with Crippen LogP contribution in [0.5, 0.6) is 0 Å². The molecule has 0 aliphatic carbocycles. The van der Waals surface area contributed by atoms with Gasteiger partial charge in [-0.1, -0.05) is 52.3 Å². The van der Waals surface area contributed by atoms with E-state index in [0.717, 1.165) is 15.2 Å². The lowest BCUT2D eigenvalue weighted by atomic mass is 10.1. The minimum Gasteiger partial charge on any atom is -0.324 e. The van der Waals surface area contributed by atoms with E-state index in [9.17, 15) is 13.2 Å². The molecule has 1 atom stereocenters. The smallest absolute Gasteiger partial charge is 0.242 e. The number of fused-ring (bicyclic) bond motifs is 1. The molecule has 0 aliphatic rings. The number of carbonyl (C=O) groups excluding carboxylic acids is 1. The summed E-state index contributed by atoms with van der Waals surface area (Å²) in [5, 5.41) is 4.68. The summed E-state index contributed by atoms with van der Waals surface area (Å²) in [6.45, 7) is 1.51. The summed E-state index contributed by atoms with van der Waals surface area (Å²) in [6, 6.07) is 18.5. The highest BCUT2D eigenvalue weighted by Gasteiger charge is 2.22. The molecule has 0 saturated heterocycles. The summed E-state index contributed by atoms with van der Waals surface area (Å²) in [6.07, 6.45) is 0. The quantitative estimate of drug-likeness (QED) is 0.641. The van der Waals surface area contributed by atoms with Crippen LogP contribution in [0.15, 0.2) is 76.1 Å². The second kappa shape index (κ2) is 7.57. The Balaban J connectivity index is 1.76. The lowest BCUT2D eigenvalue weighted by Crippen LogP contribution is -2.41. The molecule has 3 aromatic rings. The first kappa shape index (κ1) is 18.6. The Morgan fingerprint density at radius 1 is 0.962 bits per heavy atom. The van der Waals surface area contributed by atoms with Crippen molar-refractivity contribution in [3.05, 3.63) is 71.2 Å². The lowest BCUT2D eigenvalue weighted by Gasteiger charge is -2.15. The largest absolute Gasteiger partial charge is 0.324 e. The molecule has 26 heavy (non-hydrogen) atoms. The molecular weight excluding hydrogens is 416 g/mol. The topological polar surface area (TPSA) is 75.3 Å². The van der Waals surface area contributed by atoms with Crippen molar-refractivity contribution in [3.8, 4) is 0 Å². The molecule has 0 fully saturated rings. The highest BCUT2D eigenvalue weighted by molar-refractivity contribution is 9.10. The van der Waals surface area contributed by atoms with Crippen LogP contribution in [0.2, 0.25) is 0 Å². The van der Waals surface area contributed by atoms with Gasteiger partial charge in [0.15, 0.2) is 0 Å². The molecule has 0 aromatic heterocycles. The van der Waals surface area contributed by atoms with Crippen LogP contribution in [0.25, 0.3) is 10.8 Å². The second-order valence-electron chi connectivity index (χ2n) is 5.81. The monoisotopic (exact) mass is 432 g/mol. The number of anilines is 1. The van der Waals surface area contributed by atoms with Crippen LogP contribution in [-0.4, -0.2) is 20.4 Å². The zero-order valence-electron chi connectivity index (χ0n) is 13.9. The summed E-state index contributed by atoms with van der Waals surface area (Å²) in [4.78, 5) is 12.6. The van der Waals surface area contributed by atoms with Gasteiger partial charge < -0.3 is 5.32 Å². The van der Waals surface area contributed by atoms with E-state index < -0.39 is 22.0 Å². The van der Waals surface area contributed by atoms with Crippen LogP contribution in [0.1, 0.15) is 6.92 Å². The van der Waals surface area contributed by atoms with Gasteiger partial charge in [0.05, 0.1) is 10.9 Å². The fourth-order valence-corrected chi connectivity index (χ4v) is 4.01. The van der Waals surface area contributed by atoms with Gasteiger partial charge in [-0.25, -0.2) is 8.42 Å². The Morgan fingerprint density at radius 3 is 2.35 bits per heavy atom. The van der Waals surface area contributed by atoms with Crippen molar-refractivity contribution < 1.29 is 13.2 Å². The standard InChI is InChI=1S/C19H17BrN2O3S/c1-13(22-26(24,25)16-11-9-15(20)10-12-16)19(23)21-18-8-4-6-14-5-2-3-7-17(14)18/h2-13,22H,1H3,(H,21,23)/t13-/m0/s1. The molecule has 2 N–H and O–H groups in total. The zero-order valence-corrected chi connectivity index (χ0v) is 16.3. The zero-order chi connectivity index (χ0) is 18.7. The number of hydrogen-bond acceptors (Lipinski definition) is 3. The number of halogens is 1. The Kier molecular flexibility index (Phi) is 5.41. The van der Waals surface area contributed by atoms with Gasteiger partial charge in [0, 0.05) is 15.5 Å². The molecule has 1 amide bonds. The third-order valence-electron chi connectivity index (χ3n) is 3.90. The fraction of sp³-hybridized carbons (Fsp3) is 0.105. The van der Waals surface area contributed by atoms with E-state index in [2.05, 4.69) is 26.0 Å². The summed E-state index contributed by atoms with van der Waals surface area (Å²) < 4.78 is 28.0. The third kappa shape index (κ3) is 4.12. The minimum absolute atomic E-state index is 0.102. The average molecular weight is 433 g/mol. The van der Waals surface area contributed by atoms with Gasteiger partial charge >= 0.3 is 0 Å². The van der Waals surface area contributed by atoms with Crippen molar-refractivity contribution in [2.75, 3.05) is 5.32 Å². The fourth-order valence-electron chi connectivity index (χ4n) is 2.54. The van der Waals surface area contributed by atoms with Crippen molar-refractivity contribution in [1.29, 1.82) is 0 Å². The van der Waals surface area contributed by atoms with Crippen LogP contribution in [0, 0.1) is 0 Å². The molecule has 7 heteroatoms. The maximum Gasteiger partial charge on any atom is 0.242 e. The van der Waals surface area contributed by atoms with Gasteiger partial charge in [-0.2, -0.15) is 4.72 Å². The number of hydrogen-bond donors (Lipinski definition) is 2. The third-order valence-corrected chi connectivity index (χ3v) is 5.98. The molecule has 134 valence electrons. The summed E-state index contributed by atoms with van der Waals surface area (Å²) >= 11 is 3.26.